The molecule has 0 atom stereocenters. The molecule has 0 aromatic rings. The number of unbranched alkanes of at least 4 members (excludes halogenated alkanes) is 2. The molecule has 0 aromatic carbocycles. The summed E-state index contributed by atoms with van der Waals surface area (Å²) in [5.74, 6) is 0. The number of hydrogen-bond acceptors (Lipinski definition) is 0. The molecule has 0 saturated heterocycles. The van der Waals surface area contributed by atoms with Gasteiger partial charge in [0, 0.05) is 0 Å². The van der Waals surface area contributed by atoms with Crippen molar-refractivity contribution in [3.8, 4) is 0 Å². The van der Waals surface area contributed by atoms with Gasteiger partial charge in [0.25, 0.3) is 0 Å². The van der Waals surface area contributed by atoms with Gasteiger partial charge in [0.1, 0.15) is 0 Å². The molecule has 0 aliphatic carbocycles. The Kier molecular flexibility index (Phi) is 8.07. The molecule has 0 saturated carbocycles. The molecule has 0 unspecified atom stereocenters. The summed E-state index contributed by atoms with van der Waals surface area (Å²) < 4.78 is 1.10. The van der Waals surface area contributed by atoms with Gasteiger partial charge in [-0.3, -0.25) is 0 Å². The summed E-state index contributed by atoms with van der Waals surface area (Å²) in [6.07, 6.45) is 5.88. The van der Waals surface area contributed by atoms with E-state index in [1.54, 1.807) is 0 Å². The van der Waals surface area contributed by atoms with Crippen LogP contribution in [0.4, 0.5) is 0 Å². The molecular formula is C8H15ClSe. The monoisotopic (exact) mass is 226 g/mol. The SMILES string of the molecule is CCCC/C=C(/Cl)[Se]CC. The fraction of sp³-hybridized carbons (Fsp3) is 0.750. The van der Waals surface area contributed by atoms with Crippen molar-refractivity contribution in [2.45, 2.75) is 38.4 Å². The third kappa shape index (κ3) is 6.67. The minimum atomic E-state index is 0.551. The second kappa shape index (κ2) is 7.65. The van der Waals surface area contributed by atoms with Crippen LogP contribution in [-0.2, 0) is 0 Å². The number of halogens is 1. The van der Waals surface area contributed by atoms with Crippen molar-refractivity contribution in [2.24, 2.45) is 0 Å². The van der Waals surface area contributed by atoms with Crippen LogP contribution >= 0.6 is 11.6 Å². The predicted octanol–water partition coefficient (Wildman–Crippen LogP) is 3.40. The molecule has 60 valence electrons. The molecule has 0 nitrogen and oxygen atoms in total. The van der Waals surface area contributed by atoms with Gasteiger partial charge in [-0.05, 0) is 0 Å². The van der Waals surface area contributed by atoms with E-state index in [4.69, 9.17) is 11.6 Å². The Morgan fingerprint density at radius 1 is 1.50 bits per heavy atom. The Balaban J connectivity index is 3.28. The number of hydrogen-bond donors (Lipinski definition) is 0. The van der Waals surface area contributed by atoms with Crippen LogP contribution in [0.15, 0.2) is 10.0 Å². The van der Waals surface area contributed by atoms with E-state index < -0.39 is 0 Å². The predicted molar refractivity (Wildman–Crippen MR) is 49.7 cm³/mol. The Morgan fingerprint density at radius 3 is 2.70 bits per heavy atom. The van der Waals surface area contributed by atoms with Crippen LogP contribution in [-0.4, -0.2) is 15.0 Å². The molecule has 2 heteroatoms. The third-order valence-electron chi connectivity index (χ3n) is 1.14. The van der Waals surface area contributed by atoms with E-state index in [9.17, 15) is 0 Å². The Morgan fingerprint density at radius 2 is 2.20 bits per heavy atom. The van der Waals surface area contributed by atoms with E-state index in [0.29, 0.717) is 15.0 Å². The summed E-state index contributed by atoms with van der Waals surface area (Å²) >= 11 is 6.46. The van der Waals surface area contributed by atoms with Crippen molar-refractivity contribution in [3.63, 3.8) is 0 Å². The maximum absolute atomic E-state index is 5.91. The van der Waals surface area contributed by atoms with Gasteiger partial charge in [-0.1, -0.05) is 0 Å². The number of rotatable bonds is 5. The Hall–Kier alpha value is 0.549. The molecule has 0 N–H and O–H groups in total. The van der Waals surface area contributed by atoms with Crippen molar-refractivity contribution >= 4 is 26.6 Å². The standard InChI is InChI=1S/C8H15ClSe/c1-3-5-6-7-8(9)10-4-2/h7H,3-6H2,1-2H3/b8-7-. The van der Waals surface area contributed by atoms with Crippen LogP contribution in [0, 0.1) is 0 Å². The van der Waals surface area contributed by atoms with Crippen LogP contribution < -0.4 is 0 Å². The fourth-order valence-electron chi connectivity index (χ4n) is 0.616. The Bertz CT molecular complexity index is 99.4. The molecular weight excluding hydrogens is 211 g/mol. The van der Waals surface area contributed by atoms with Crippen LogP contribution in [0.25, 0.3) is 0 Å². The van der Waals surface area contributed by atoms with Crippen molar-refractivity contribution < 1.29 is 0 Å². The van der Waals surface area contributed by atoms with Crippen molar-refractivity contribution in [3.05, 3.63) is 10.0 Å². The average Bonchev–Trinajstić information content (AvgIpc) is 1.89. The van der Waals surface area contributed by atoms with Crippen LogP contribution in [0.3, 0.4) is 0 Å². The van der Waals surface area contributed by atoms with Gasteiger partial charge in [-0.25, -0.2) is 0 Å². The molecule has 0 amide bonds. The van der Waals surface area contributed by atoms with E-state index in [2.05, 4.69) is 19.9 Å². The molecule has 0 aromatic heterocycles. The first-order chi connectivity index (χ1) is 4.81. The van der Waals surface area contributed by atoms with Gasteiger partial charge in [0.15, 0.2) is 0 Å². The quantitative estimate of drug-likeness (QED) is 0.497. The fourth-order valence-corrected chi connectivity index (χ4v) is 2.37. The molecule has 0 rings (SSSR count). The molecule has 0 aliphatic heterocycles. The van der Waals surface area contributed by atoms with Gasteiger partial charge in [-0.15, -0.1) is 0 Å². The van der Waals surface area contributed by atoms with Gasteiger partial charge in [-0.2, -0.15) is 0 Å². The van der Waals surface area contributed by atoms with Crippen molar-refractivity contribution in [1.29, 1.82) is 0 Å². The summed E-state index contributed by atoms with van der Waals surface area (Å²) in [4.78, 5) is 0. The zero-order valence-electron chi connectivity index (χ0n) is 6.69. The number of allylic oxidation sites excluding steroid dienone is 1. The van der Waals surface area contributed by atoms with Crippen molar-refractivity contribution in [1.82, 2.24) is 0 Å². The van der Waals surface area contributed by atoms with E-state index >= 15 is 0 Å². The summed E-state index contributed by atoms with van der Waals surface area (Å²) in [6.45, 7) is 4.38. The molecule has 0 heterocycles. The molecule has 0 spiro atoms. The van der Waals surface area contributed by atoms with Crippen LogP contribution in [0.1, 0.15) is 33.1 Å². The normalized spacial score (nSPS) is 12.1. The third-order valence-corrected chi connectivity index (χ3v) is 3.40. The molecule has 0 bridgehead atoms. The second-order valence-corrected chi connectivity index (χ2v) is 5.74. The van der Waals surface area contributed by atoms with E-state index in [1.165, 1.54) is 18.2 Å². The first kappa shape index (κ1) is 10.5. The average molecular weight is 226 g/mol. The van der Waals surface area contributed by atoms with E-state index in [0.717, 1.165) is 10.4 Å². The van der Waals surface area contributed by atoms with E-state index in [1.807, 2.05) is 0 Å². The Labute approximate surface area is 75.2 Å². The summed E-state index contributed by atoms with van der Waals surface area (Å²) in [6, 6.07) is 0. The molecule has 0 radical (unpaired) electrons. The zero-order valence-corrected chi connectivity index (χ0v) is 9.16. The van der Waals surface area contributed by atoms with Gasteiger partial charge in [0.05, 0.1) is 0 Å². The summed E-state index contributed by atoms with van der Waals surface area (Å²) in [5.41, 5.74) is 0. The summed E-state index contributed by atoms with van der Waals surface area (Å²) in [5, 5.41) is 1.22. The van der Waals surface area contributed by atoms with Crippen LogP contribution in [0.2, 0.25) is 5.32 Å². The van der Waals surface area contributed by atoms with Crippen LogP contribution in [0.5, 0.6) is 0 Å². The van der Waals surface area contributed by atoms with Gasteiger partial charge >= 0.3 is 75.0 Å². The first-order valence-electron chi connectivity index (χ1n) is 3.79. The molecule has 10 heavy (non-hydrogen) atoms. The van der Waals surface area contributed by atoms with Crippen molar-refractivity contribution in [2.75, 3.05) is 0 Å². The second-order valence-electron chi connectivity index (χ2n) is 2.08. The topological polar surface area (TPSA) is 0 Å². The van der Waals surface area contributed by atoms with E-state index in [-0.39, 0.29) is 0 Å². The van der Waals surface area contributed by atoms with Gasteiger partial charge in [0.2, 0.25) is 0 Å². The maximum atomic E-state index is 5.91. The summed E-state index contributed by atoms with van der Waals surface area (Å²) in [7, 11) is 0. The molecule has 0 aliphatic rings. The minimum absolute atomic E-state index is 0.551. The van der Waals surface area contributed by atoms with Gasteiger partial charge < -0.3 is 0 Å². The zero-order chi connectivity index (χ0) is 7.82. The first-order valence-corrected chi connectivity index (χ1v) is 6.24. The molecule has 0 fully saturated rings.